The molecule has 3 aromatic carbocycles. The number of nitrogens with zero attached hydrogens (tertiary/aromatic N) is 3. The van der Waals surface area contributed by atoms with Crippen molar-refractivity contribution in [2.24, 2.45) is 0 Å². The average Bonchev–Trinajstić information content (AvgIpc) is 2.93. The Hall–Kier alpha value is -4.26. The molecule has 5 rings (SSSR count). The number of amides is 2. The van der Waals surface area contributed by atoms with Gasteiger partial charge in [0.05, 0.1) is 22.5 Å². The first-order valence-electron chi connectivity index (χ1n) is 12.1. The van der Waals surface area contributed by atoms with Crippen molar-refractivity contribution in [1.82, 2.24) is 9.88 Å². The van der Waals surface area contributed by atoms with Gasteiger partial charge in [0.25, 0.3) is 5.91 Å². The van der Waals surface area contributed by atoms with Crippen LogP contribution in [0.2, 0.25) is 0 Å². The fourth-order valence-corrected chi connectivity index (χ4v) is 4.50. The molecule has 0 spiro atoms. The lowest BCUT2D eigenvalue weighted by molar-refractivity contribution is -0.115. The van der Waals surface area contributed by atoms with Crippen LogP contribution in [-0.4, -0.2) is 47.9 Å². The van der Waals surface area contributed by atoms with E-state index in [1.807, 2.05) is 70.5 Å². The smallest absolute Gasteiger partial charge is 0.254 e. The van der Waals surface area contributed by atoms with E-state index < -0.39 is 0 Å². The van der Waals surface area contributed by atoms with Crippen LogP contribution in [0.3, 0.4) is 0 Å². The molecule has 2 amide bonds. The predicted molar refractivity (Wildman–Crippen MR) is 141 cm³/mol. The van der Waals surface area contributed by atoms with Crippen LogP contribution in [0.5, 0.6) is 0 Å². The second kappa shape index (κ2) is 10.2. The molecular formula is C29H27FN4O2. The Kier molecular flexibility index (Phi) is 6.62. The van der Waals surface area contributed by atoms with E-state index in [1.165, 1.54) is 6.07 Å². The fourth-order valence-electron chi connectivity index (χ4n) is 4.50. The van der Waals surface area contributed by atoms with Gasteiger partial charge < -0.3 is 15.1 Å². The maximum Gasteiger partial charge on any atom is 0.254 e. The highest BCUT2D eigenvalue weighted by atomic mass is 19.1. The molecule has 0 saturated carbocycles. The van der Waals surface area contributed by atoms with E-state index in [-0.39, 0.29) is 17.6 Å². The van der Waals surface area contributed by atoms with Gasteiger partial charge in [0.2, 0.25) is 5.91 Å². The number of hydrogen-bond acceptors (Lipinski definition) is 4. The van der Waals surface area contributed by atoms with E-state index in [0.717, 1.165) is 22.2 Å². The van der Waals surface area contributed by atoms with Crippen LogP contribution >= 0.6 is 0 Å². The summed E-state index contributed by atoms with van der Waals surface area (Å²) in [4.78, 5) is 34.0. The molecule has 1 aliphatic heterocycles. The molecule has 0 radical (unpaired) electrons. The van der Waals surface area contributed by atoms with E-state index in [1.54, 1.807) is 19.1 Å². The lowest BCUT2D eigenvalue weighted by atomic mass is 10.0. The Morgan fingerprint density at radius 2 is 1.61 bits per heavy atom. The molecule has 1 aliphatic rings. The van der Waals surface area contributed by atoms with Crippen molar-refractivity contribution in [3.8, 4) is 11.3 Å². The molecule has 6 nitrogen and oxygen atoms in total. The van der Waals surface area contributed by atoms with Crippen LogP contribution in [-0.2, 0) is 4.79 Å². The Balaban J connectivity index is 1.41. The maximum absolute atomic E-state index is 14.2. The van der Waals surface area contributed by atoms with Crippen LogP contribution in [0.25, 0.3) is 22.2 Å². The molecule has 0 bridgehead atoms. The second-order valence-corrected chi connectivity index (χ2v) is 8.78. The molecule has 7 heteroatoms. The van der Waals surface area contributed by atoms with Gasteiger partial charge in [-0.15, -0.1) is 0 Å². The summed E-state index contributed by atoms with van der Waals surface area (Å²) < 4.78 is 14.2. The first-order chi connectivity index (χ1) is 17.5. The van der Waals surface area contributed by atoms with Crippen LogP contribution in [0, 0.1) is 5.82 Å². The molecule has 0 atom stereocenters. The monoisotopic (exact) mass is 482 g/mol. The summed E-state index contributed by atoms with van der Waals surface area (Å²) in [6.45, 7) is 3.94. The van der Waals surface area contributed by atoms with Gasteiger partial charge in [0.15, 0.2) is 0 Å². The number of halogens is 1. The summed E-state index contributed by atoms with van der Waals surface area (Å²) in [5.74, 6) is -0.355. The lowest BCUT2D eigenvalue weighted by Crippen LogP contribution is -2.49. The van der Waals surface area contributed by atoms with E-state index in [2.05, 4.69) is 5.32 Å². The number of anilines is 2. The van der Waals surface area contributed by atoms with Crippen molar-refractivity contribution < 1.29 is 14.0 Å². The number of para-hydroxylation sites is 2. The number of nitrogens with one attached hydrogen (secondary N) is 1. The number of carbonyl (C=O) groups excluding carboxylic acids is 2. The zero-order valence-corrected chi connectivity index (χ0v) is 20.1. The highest BCUT2D eigenvalue weighted by Gasteiger charge is 2.25. The molecule has 0 aliphatic carbocycles. The summed E-state index contributed by atoms with van der Waals surface area (Å²) >= 11 is 0. The molecule has 0 unspecified atom stereocenters. The number of piperazine rings is 1. The molecule has 2 heterocycles. The number of benzene rings is 3. The molecule has 1 N–H and O–H groups in total. The summed E-state index contributed by atoms with van der Waals surface area (Å²) in [6, 6.07) is 23.7. The summed E-state index contributed by atoms with van der Waals surface area (Å²) in [7, 11) is 0. The van der Waals surface area contributed by atoms with Gasteiger partial charge >= 0.3 is 0 Å². The molecule has 1 saturated heterocycles. The first kappa shape index (κ1) is 23.5. The largest absolute Gasteiger partial charge is 0.366 e. The number of aromatic nitrogens is 1. The quantitative estimate of drug-likeness (QED) is 0.416. The van der Waals surface area contributed by atoms with Crippen LogP contribution in [0.1, 0.15) is 23.7 Å². The topological polar surface area (TPSA) is 65.5 Å². The second-order valence-electron chi connectivity index (χ2n) is 8.78. The van der Waals surface area contributed by atoms with Crippen LogP contribution < -0.4 is 10.2 Å². The Labute approximate surface area is 209 Å². The highest BCUT2D eigenvalue weighted by Crippen LogP contribution is 2.28. The van der Waals surface area contributed by atoms with Gasteiger partial charge in [-0.2, -0.15) is 0 Å². The minimum absolute atomic E-state index is 0.0467. The molecule has 4 aromatic rings. The van der Waals surface area contributed by atoms with Crippen molar-refractivity contribution in [3.63, 3.8) is 0 Å². The zero-order chi connectivity index (χ0) is 25.1. The van der Waals surface area contributed by atoms with Crippen molar-refractivity contribution in [2.45, 2.75) is 13.3 Å². The van der Waals surface area contributed by atoms with Crippen LogP contribution in [0.4, 0.5) is 15.8 Å². The fraction of sp³-hybridized carbons (Fsp3) is 0.207. The van der Waals surface area contributed by atoms with Gasteiger partial charge in [0, 0.05) is 49.2 Å². The summed E-state index contributed by atoms with van der Waals surface area (Å²) in [6.07, 6.45) is 0.411. The average molecular weight is 483 g/mol. The Morgan fingerprint density at radius 1 is 0.917 bits per heavy atom. The lowest BCUT2D eigenvalue weighted by Gasteiger charge is -2.36. The standard InChI is InChI=1S/C29H27FN4O2/c1-2-28(35)31-21-13-11-20(12-14-21)26-19-23(22-7-3-5-9-25(22)32-26)29(36)34-17-15-33(16-18-34)27-10-6-4-8-24(27)30/h3-14,19H,2,15-18H2,1H3,(H,31,35). The minimum atomic E-state index is -0.248. The third-order valence-corrected chi connectivity index (χ3v) is 6.49. The van der Waals surface area contributed by atoms with E-state index in [4.69, 9.17) is 4.98 Å². The molecular weight excluding hydrogens is 455 g/mol. The number of pyridine rings is 1. The van der Waals surface area contributed by atoms with E-state index in [9.17, 15) is 14.0 Å². The zero-order valence-electron chi connectivity index (χ0n) is 20.1. The number of rotatable bonds is 5. The van der Waals surface area contributed by atoms with Gasteiger partial charge in [-0.05, 0) is 36.4 Å². The molecule has 36 heavy (non-hydrogen) atoms. The maximum atomic E-state index is 14.2. The summed E-state index contributed by atoms with van der Waals surface area (Å²) in [5, 5.41) is 3.64. The minimum Gasteiger partial charge on any atom is -0.366 e. The Bertz CT molecular complexity index is 1410. The molecule has 182 valence electrons. The van der Waals surface area contributed by atoms with Crippen molar-refractivity contribution >= 4 is 34.1 Å². The van der Waals surface area contributed by atoms with Crippen molar-refractivity contribution in [1.29, 1.82) is 0 Å². The van der Waals surface area contributed by atoms with Gasteiger partial charge in [-0.1, -0.05) is 49.4 Å². The van der Waals surface area contributed by atoms with Crippen LogP contribution in [0.15, 0.2) is 78.9 Å². The van der Waals surface area contributed by atoms with E-state index >= 15 is 0 Å². The third-order valence-electron chi connectivity index (χ3n) is 6.49. The molecule has 1 aromatic heterocycles. The highest BCUT2D eigenvalue weighted by molar-refractivity contribution is 6.07. The van der Waals surface area contributed by atoms with Gasteiger partial charge in [-0.3, -0.25) is 9.59 Å². The number of fused-ring (bicyclic) bond motifs is 1. The summed E-state index contributed by atoms with van der Waals surface area (Å²) in [5.41, 5.74) is 4.17. The number of carbonyl (C=O) groups is 2. The third kappa shape index (κ3) is 4.77. The van der Waals surface area contributed by atoms with Gasteiger partial charge in [-0.25, -0.2) is 9.37 Å². The normalized spacial score (nSPS) is 13.6. The first-order valence-corrected chi connectivity index (χ1v) is 12.1. The number of hydrogen-bond donors (Lipinski definition) is 1. The Morgan fingerprint density at radius 3 is 2.33 bits per heavy atom. The van der Waals surface area contributed by atoms with Gasteiger partial charge in [0.1, 0.15) is 5.82 Å². The van der Waals surface area contributed by atoms with Crippen molar-refractivity contribution in [2.75, 3.05) is 36.4 Å². The van der Waals surface area contributed by atoms with Crippen molar-refractivity contribution in [3.05, 3.63) is 90.2 Å². The molecule has 1 fully saturated rings. The SMILES string of the molecule is CCC(=O)Nc1ccc(-c2cc(C(=O)N3CCN(c4ccccc4F)CC3)c3ccccc3n2)cc1. The predicted octanol–water partition coefficient (Wildman–Crippen LogP) is 5.35. The van der Waals surface area contributed by atoms with E-state index in [0.29, 0.717) is 49.5 Å².